The molecule has 0 bridgehead atoms. The number of hydrogen-bond acceptors (Lipinski definition) is 5. The molecule has 0 radical (unpaired) electrons. The third kappa shape index (κ3) is 4.91. The van der Waals surface area contributed by atoms with Gasteiger partial charge in [0.25, 0.3) is 5.91 Å². The Morgan fingerprint density at radius 1 is 1.16 bits per heavy atom. The van der Waals surface area contributed by atoms with E-state index < -0.39 is 5.92 Å². The Morgan fingerprint density at radius 2 is 1.94 bits per heavy atom. The summed E-state index contributed by atoms with van der Waals surface area (Å²) >= 11 is 0. The molecular formula is C24H27N3O5. The van der Waals surface area contributed by atoms with Crippen molar-refractivity contribution < 1.29 is 23.9 Å². The fourth-order valence-electron chi connectivity index (χ4n) is 4.03. The van der Waals surface area contributed by atoms with E-state index in [0.29, 0.717) is 23.5 Å². The summed E-state index contributed by atoms with van der Waals surface area (Å²) in [6.45, 7) is 1.44. The van der Waals surface area contributed by atoms with Crippen LogP contribution in [0.4, 0.5) is 11.4 Å². The lowest BCUT2D eigenvalue weighted by Gasteiger charge is -2.18. The van der Waals surface area contributed by atoms with Crippen LogP contribution < -0.4 is 20.3 Å². The molecule has 2 saturated heterocycles. The van der Waals surface area contributed by atoms with Crippen LogP contribution in [0.5, 0.6) is 5.75 Å². The Labute approximate surface area is 186 Å². The molecule has 2 aromatic rings. The van der Waals surface area contributed by atoms with Crippen LogP contribution in [0.15, 0.2) is 48.5 Å². The molecule has 2 aliphatic rings. The van der Waals surface area contributed by atoms with Gasteiger partial charge in [0, 0.05) is 31.8 Å². The van der Waals surface area contributed by atoms with Gasteiger partial charge in [-0.2, -0.15) is 0 Å². The molecule has 2 atom stereocenters. The highest BCUT2D eigenvalue weighted by atomic mass is 16.5. The summed E-state index contributed by atoms with van der Waals surface area (Å²) in [5.41, 5.74) is 1.54. The third-order valence-corrected chi connectivity index (χ3v) is 5.82. The fraction of sp³-hybridized carbons (Fsp3) is 0.375. The molecular weight excluding hydrogens is 410 g/mol. The van der Waals surface area contributed by atoms with E-state index in [0.717, 1.165) is 25.1 Å². The number of amides is 3. The highest BCUT2D eigenvalue weighted by Gasteiger charge is 2.35. The molecule has 0 aromatic heterocycles. The molecule has 0 saturated carbocycles. The monoisotopic (exact) mass is 437 g/mol. The fourth-order valence-corrected chi connectivity index (χ4v) is 4.03. The van der Waals surface area contributed by atoms with Crippen molar-refractivity contribution in [2.24, 2.45) is 5.92 Å². The molecule has 168 valence electrons. The van der Waals surface area contributed by atoms with Gasteiger partial charge < -0.3 is 25.0 Å². The summed E-state index contributed by atoms with van der Waals surface area (Å²) in [7, 11) is 1.58. The number of nitrogens with zero attached hydrogens (tertiary/aromatic N) is 1. The molecule has 2 N–H and O–H groups in total. The molecule has 0 spiro atoms. The second-order valence-electron chi connectivity index (χ2n) is 7.98. The van der Waals surface area contributed by atoms with Gasteiger partial charge in [0.1, 0.15) is 5.75 Å². The number of carbonyl (C=O) groups is 3. The summed E-state index contributed by atoms with van der Waals surface area (Å²) in [6.07, 6.45) is 2.08. The number of ether oxygens (including phenoxy) is 2. The van der Waals surface area contributed by atoms with Gasteiger partial charge in [-0.25, -0.2) is 0 Å². The van der Waals surface area contributed by atoms with Crippen LogP contribution >= 0.6 is 0 Å². The standard InChI is InChI=1S/C24H27N3O5/c1-31-18-10-8-17(9-11-18)27-15-16(13-22(27)28)23(29)26-21-7-3-2-6-20(21)24(30)25-14-19-5-4-12-32-19/h2-3,6-11,16,19H,4-5,12-15H2,1H3,(H,25,30)(H,26,29)/t16-,19-/m1/s1. The van der Waals surface area contributed by atoms with E-state index in [4.69, 9.17) is 9.47 Å². The van der Waals surface area contributed by atoms with Crippen molar-refractivity contribution in [3.05, 3.63) is 54.1 Å². The smallest absolute Gasteiger partial charge is 0.253 e. The van der Waals surface area contributed by atoms with Crippen molar-refractivity contribution in [1.82, 2.24) is 5.32 Å². The minimum absolute atomic E-state index is 0.0362. The number of nitrogens with one attached hydrogen (secondary N) is 2. The van der Waals surface area contributed by atoms with Gasteiger partial charge in [0.15, 0.2) is 0 Å². The van der Waals surface area contributed by atoms with E-state index >= 15 is 0 Å². The Bertz CT molecular complexity index is 985. The maximum Gasteiger partial charge on any atom is 0.253 e. The Hall–Kier alpha value is -3.39. The van der Waals surface area contributed by atoms with Crippen molar-refractivity contribution in [3.8, 4) is 5.75 Å². The summed E-state index contributed by atoms with van der Waals surface area (Å²) in [6, 6.07) is 14.0. The van der Waals surface area contributed by atoms with E-state index in [2.05, 4.69) is 10.6 Å². The number of methoxy groups -OCH3 is 1. The second-order valence-corrected chi connectivity index (χ2v) is 7.98. The normalized spacial score (nSPS) is 20.3. The van der Waals surface area contributed by atoms with Gasteiger partial charge in [0.2, 0.25) is 11.8 Å². The molecule has 2 heterocycles. The Morgan fingerprint density at radius 3 is 2.66 bits per heavy atom. The number of anilines is 2. The maximum absolute atomic E-state index is 12.9. The van der Waals surface area contributed by atoms with E-state index in [-0.39, 0.29) is 36.8 Å². The Balaban J connectivity index is 1.39. The van der Waals surface area contributed by atoms with E-state index in [1.165, 1.54) is 0 Å². The van der Waals surface area contributed by atoms with Gasteiger partial charge in [-0.05, 0) is 49.2 Å². The lowest BCUT2D eigenvalue weighted by atomic mass is 10.1. The average Bonchev–Trinajstić information content (AvgIpc) is 3.47. The lowest BCUT2D eigenvalue weighted by Crippen LogP contribution is -2.33. The van der Waals surface area contributed by atoms with Gasteiger partial charge in [-0.3, -0.25) is 14.4 Å². The molecule has 0 unspecified atom stereocenters. The first-order chi connectivity index (χ1) is 15.5. The maximum atomic E-state index is 12.9. The molecule has 2 aromatic carbocycles. The molecule has 32 heavy (non-hydrogen) atoms. The van der Waals surface area contributed by atoms with E-state index in [1.807, 2.05) is 0 Å². The average molecular weight is 437 g/mol. The highest BCUT2D eigenvalue weighted by Crippen LogP contribution is 2.28. The first-order valence-corrected chi connectivity index (χ1v) is 10.8. The predicted molar refractivity (Wildman–Crippen MR) is 120 cm³/mol. The first kappa shape index (κ1) is 21.8. The van der Waals surface area contributed by atoms with Crippen LogP contribution in [-0.4, -0.2) is 50.6 Å². The largest absolute Gasteiger partial charge is 0.497 e. The van der Waals surface area contributed by atoms with Gasteiger partial charge in [-0.15, -0.1) is 0 Å². The SMILES string of the molecule is COc1ccc(N2C[C@H](C(=O)Nc3ccccc3C(=O)NC[C@H]3CCCO3)CC2=O)cc1. The van der Waals surface area contributed by atoms with Gasteiger partial charge in [0.05, 0.1) is 30.4 Å². The van der Waals surface area contributed by atoms with Crippen molar-refractivity contribution in [2.45, 2.75) is 25.4 Å². The lowest BCUT2D eigenvalue weighted by molar-refractivity contribution is -0.122. The topological polar surface area (TPSA) is 97.0 Å². The zero-order valence-corrected chi connectivity index (χ0v) is 18.0. The predicted octanol–water partition coefficient (Wildman–Crippen LogP) is 2.60. The molecule has 4 rings (SSSR count). The highest BCUT2D eigenvalue weighted by molar-refractivity contribution is 6.07. The molecule has 2 aliphatic heterocycles. The molecule has 0 aliphatic carbocycles. The van der Waals surface area contributed by atoms with Crippen molar-refractivity contribution in [3.63, 3.8) is 0 Å². The zero-order chi connectivity index (χ0) is 22.5. The quantitative estimate of drug-likeness (QED) is 0.694. The Kier molecular flexibility index (Phi) is 6.70. The summed E-state index contributed by atoms with van der Waals surface area (Å²) < 4.78 is 10.7. The van der Waals surface area contributed by atoms with Crippen LogP contribution in [-0.2, 0) is 14.3 Å². The van der Waals surface area contributed by atoms with E-state index in [9.17, 15) is 14.4 Å². The number of hydrogen-bond donors (Lipinski definition) is 2. The van der Waals surface area contributed by atoms with Crippen molar-refractivity contribution in [2.75, 3.05) is 37.0 Å². The number of para-hydroxylation sites is 1. The minimum atomic E-state index is -0.507. The molecule has 8 nitrogen and oxygen atoms in total. The third-order valence-electron chi connectivity index (χ3n) is 5.82. The molecule has 8 heteroatoms. The molecule has 2 fully saturated rings. The minimum Gasteiger partial charge on any atom is -0.497 e. The van der Waals surface area contributed by atoms with Crippen LogP contribution in [0, 0.1) is 5.92 Å². The summed E-state index contributed by atoms with van der Waals surface area (Å²) in [5, 5.41) is 5.72. The van der Waals surface area contributed by atoms with Crippen LogP contribution in [0.1, 0.15) is 29.6 Å². The van der Waals surface area contributed by atoms with Crippen molar-refractivity contribution in [1.29, 1.82) is 0 Å². The summed E-state index contributed by atoms with van der Waals surface area (Å²) in [5.74, 6) is -0.470. The van der Waals surface area contributed by atoms with Gasteiger partial charge >= 0.3 is 0 Å². The summed E-state index contributed by atoms with van der Waals surface area (Å²) in [4.78, 5) is 39.7. The van der Waals surface area contributed by atoms with Gasteiger partial charge in [-0.1, -0.05) is 12.1 Å². The number of benzene rings is 2. The first-order valence-electron chi connectivity index (χ1n) is 10.8. The van der Waals surface area contributed by atoms with Crippen LogP contribution in [0.2, 0.25) is 0 Å². The second kappa shape index (κ2) is 9.82. The van der Waals surface area contributed by atoms with Crippen LogP contribution in [0.25, 0.3) is 0 Å². The number of rotatable bonds is 7. The zero-order valence-electron chi connectivity index (χ0n) is 18.0. The van der Waals surface area contributed by atoms with Crippen molar-refractivity contribution >= 4 is 29.1 Å². The van der Waals surface area contributed by atoms with Crippen LogP contribution in [0.3, 0.4) is 0 Å². The van der Waals surface area contributed by atoms with E-state index in [1.54, 1.807) is 60.5 Å². The molecule has 3 amide bonds. The number of carbonyl (C=O) groups excluding carboxylic acids is 3.